The van der Waals surface area contributed by atoms with Crippen LogP contribution in [-0.2, 0) is 33.5 Å². The maximum atomic E-state index is 12.8. The minimum absolute atomic E-state index is 0.132. The molecule has 0 bridgehead atoms. The van der Waals surface area contributed by atoms with Gasteiger partial charge in [-0.05, 0) is 36.5 Å². The van der Waals surface area contributed by atoms with Crippen LogP contribution in [0.4, 0.5) is 13.2 Å². The lowest BCUT2D eigenvalue weighted by atomic mass is 9.87. The van der Waals surface area contributed by atoms with Crippen molar-refractivity contribution in [2.75, 3.05) is 13.7 Å². The molecule has 0 saturated carbocycles. The van der Waals surface area contributed by atoms with Crippen molar-refractivity contribution < 1.29 is 27.5 Å². The number of amides is 1. The van der Waals surface area contributed by atoms with E-state index in [1.54, 1.807) is 7.05 Å². The predicted octanol–water partition coefficient (Wildman–Crippen LogP) is 2.95. The summed E-state index contributed by atoms with van der Waals surface area (Å²) < 4.78 is 43.9. The zero-order chi connectivity index (χ0) is 21.9. The van der Waals surface area contributed by atoms with E-state index in [4.69, 9.17) is 4.74 Å². The van der Waals surface area contributed by atoms with Gasteiger partial charge < -0.3 is 14.2 Å². The third-order valence-corrected chi connectivity index (χ3v) is 5.17. The molecule has 1 atom stereocenters. The van der Waals surface area contributed by atoms with Crippen LogP contribution in [0.2, 0.25) is 0 Å². The summed E-state index contributed by atoms with van der Waals surface area (Å²) in [6, 6.07) is 9.08. The van der Waals surface area contributed by atoms with Gasteiger partial charge in [0.05, 0.1) is 11.6 Å². The van der Waals surface area contributed by atoms with E-state index in [0.717, 1.165) is 30.9 Å². The lowest BCUT2D eigenvalue weighted by Gasteiger charge is -2.33. The highest BCUT2D eigenvalue weighted by Gasteiger charge is 2.31. The third kappa shape index (κ3) is 4.90. The molecule has 1 aliphatic carbocycles. The quantitative estimate of drug-likeness (QED) is 0.695. The fourth-order valence-electron chi connectivity index (χ4n) is 3.56. The molecule has 3 rings (SSSR count). The third-order valence-electron chi connectivity index (χ3n) is 5.17. The van der Waals surface area contributed by atoms with Crippen molar-refractivity contribution in [3.05, 3.63) is 69.6 Å². The molecule has 1 aromatic carbocycles. The lowest BCUT2D eigenvalue weighted by Crippen LogP contribution is -2.36. The minimum Gasteiger partial charge on any atom is -0.454 e. The number of ether oxygens (including phenoxy) is 1. The Bertz CT molecular complexity index is 1000. The van der Waals surface area contributed by atoms with Crippen LogP contribution in [0.3, 0.4) is 0 Å². The van der Waals surface area contributed by atoms with E-state index < -0.39 is 42.3 Å². The number of rotatable bonds is 5. The topological polar surface area (TPSA) is 68.6 Å². The average molecular weight is 422 g/mol. The number of carbonyl (C=O) groups excluding carboxylic acids is 2. The van der Waals surface area contributed by atoms with Gasteiger partial charge in [-0.25, -0.2) is 0 Å². The van der Waals surface area contributed by atoms with Gasteiger partial charge in [0.1, 0.15) is 6.54 Å². The van der Waals surface area contributed by atoms with Crippen LogP contribution in [0.5, 0.6) is 0 Å². The number of esters is 1. The molecule has 6 nitrogen and oxygen atoms in total. The van der Waals surface area contributed by atoms with Gasteiger partial charge in [-0.1, -0.05) is 24.3 Å². The number of hydrogen-bond donors (Lipinski definition) is 0. The Hall–Kier alpha value is -3.10. The molecule has 0 radical (unpaired) electrons. The second-order valence-corrected chi connectivity index (χ2v) is 7.15. The van der Waals surface area contributed by atoms with E-state index in [-0.39, 0.29) is 6.04 Å². The van der Waals surface area contributed by atoms with E-state index in [0.29, 0.717) is 16.8 Å². The second kappa shape index (κ2) is 8.73. The number of aryl methyl sites for hydroxylation is 1. The number of halogens is 3. The molecule has 0 aliphatic heterocycles. The lowest BCUT2D eigenvalue weighted by molar-refractivity contribution is -0.153. The fraction of sp³-hybridized carbons (Fsp3) is 0.381. The Labute approximate surface area is 170 Å². The summed E-state index contributed by atoms with van der Waals surface area (Å²) in [6.07, 6.45) is -1.44. The van der Waals surface area contributed by atoms with Crippen molar-refractivity contribution in [2.45, 2.75) is 38.0 Å². The van der Waals surface area contributed by atoms with Crippen molar-refractivity contribution in [3.63, 3.8) is 0 Å². The van der Waals surface area contributed by atoms with Gasteiger partial charge in [0.2, 0.25) is 0 Å². The highest BCUT2D eigenvalue weighted by Crippen LogP contribution is 2.33. The number of fused-ring (bicyclic) bond motifs is 1. The van der Waals surface area contributed by atoms with Gasteiger partial charge in [-0.2, -0.15) is 13.2 Å². The smallest absolute Gasteiger partial charge is 0.417 e. The van der Waals surface area contributed by atoms with E-state index in [2.05, 4.69) is 0 Å². The molecule has 1 aromatic heterocycles. The summed E-state index contributed by atoms with van der Waals surface area (Å²) in [4.78, 5) is 37.7. The molecule has 30 heavy (non-hydrogen) atoms. The number of pyridine rings is 1. The zero-order valence-corrected chi connectivity index (χ0v) is 16.3. The van der Waals surface area contributed by atoms with Crippen molar-refractivity contribution in [1.82, 2.24) is 9.47 Å². The highest BCUT2D eigenvalue weighted by molar-refractivity contribution is 5.80. The van der Waals surface area contributed by atoms with Crippen LogP contribution in [-0.4, -0.2) is 35.0 Å². The number of aromatic nitrogens is 1. The molecule has 1 unspecified atom stereocenters. The average Bonchev–Trinajstić information content (AvgIpc) is 2.71. The predicted molar refractivity (Wildman–Crippen MR) is 102 cm³/mol. The molecule has 9 heteroatoms. The summed E-state index contributed by atoms with van der Waals surface area (Å²) >= 11 is 0. The van der Waals surface area contributed by atoms with E-state index in [1.807, 2.05) is 24.3 Å². The van der Waals surface area contributed by atoms with Gasteiger partial charge in [0.15, 0.2) is 6.61 Å². The molecule has 0 fully saturated rings. The number of carbonyl (C=O) groups is 2. The van der Waals surface area contributed by atoms with Gasteiger partial charge >= 0.3 is 12.1 Å². The van der Waals surface area contributed by atoms with Crippen LogP contribution < -0.4 is 5.56 Å². The van der Waals surface area contributed by atoms with Crippen molar-refractivity contribution >= 4 is 11.9 Å². The maximum absolute atomic E-state index is 12.8. The van der Waals surface area contributed by atoms with Crippen LogP contribution in [0.15, 0.2) is 47.4 Å². The standard InChI is InChI=1S/C21H21F3N2O4/c1-25(17-8-4-6-14-5-2-3-7-16(14)17)19(28)13-30-20(29)12-26-11-15(21(22,23)24)9-10-18(26)27/h2-3,5,7,9-11,17H,4,6,8,12-13H2,1H3. The Morgan fingerprint density at radius 3 is 2.67 bits per heavy atom. The minimum atomic E-state index is -4.64. The molecule has 1 heterocycles. The van der Waals surface area contributed by atoms with Gasteiger partial charge in [0, 0.05) is 19.3 Å². The first kappa shape index (κ1) is 21.6. The van der Waals surface area contributed by atoms with E-state index in [1.165, 1.54) is 10.5 Å². The first-order chi connectivity index (χ1) is 14.2. The SMILES string of the molecule is CN(C(=O)COC(=O)Cn1cc(C(F)(F)F)ccc1=O)C1CCCc2ccccc21. The normalized spacial score (nSPS) is 15.9. The summed E-state index contributed by atoms with van der Waals surface area (Å²) in [5.41, 5.74) is 0.402. The number of likely N-dealkylation sites (N-methyl/N-ethyl adjacent to an activating group) is 1. The number of hydrogen-bond acceptors (Lipinski definition) is 4. The monoisotopic (exact) mass is 422 g/mol. The summed E-state index contributed by atoms with van der Waals surface area (Å²) in [6.45, 7) is -1.27. The summed E-state index contributed by atoms with van der Waals surface area (Å²) in [5, 5.41) is 0. The number of nitrogens with zero attached hydrogens (tertiary/aromatic N) is 2. The molecule has 1 amide bonds. The van der Waals surface area contributed by atoms with Crippen molar-refractivity contribution in [1.29, 1.82) is 0 Å². The Balaban J connectivity index is 1.60. The fourth-order valence-corrected chi connectivity index (χ4v) is 3.56. The van der Waals surface area contributed by atoms with Crippen LogP contribution in [0.1, 0.15) is 35.6 Å². The molecule has 160 valence electrons. The number of alkyl halides is 3. The first-order valence-electron chi connectivity index (χ1n) is 9.43. The van der Waals surface area contributed by atoms with Crippen LogP contribution in [0, 0.1) is 0 Å². The highest BCUT2D eigenvalue weighted by atomic mass is 19.4. The Morgan fingerprint density at radius 1 is 1.20 bits per heavy atom. The zero-order valence-electron chi connectivity index (χ0n) is 16.3. The van der Waals surface area contributed by atoms with Gasteiger partial charge in [-0.3, -0.25) is 14.4 Å². The number of benzene rings is 1. The molecule has 2 aromatic rings. The Kier molecular flexibility index (Phi) is 6.28. The molecule has 1 aliphatic rings. The van der Waals surface area contributed by atoms with Crippen molar-refractivity contribution in [3.8, 4) is 0 Å². The molecule has 0 saturated heterocycles. The molecule has 0 N–H and O–H groups in total. The summed E-state index contributed by atoms with van der Waals surface area (Å²) in [7, 11) is 1.63. The maximum Gasteiger partial charge on any atom is 0.417 e. The second-order valence-electron chi connectivity index (χ2n) is 7.15. The molecule has 0 spiro atoms. The van der Waals surface area contributed by atoms with E-state index in [9.17, 15) is 27.6 Å². The van der Waals surface area contributed by atoms with E-state index >= 15 is 0 Å². The first-order valence-corrected chi connectivity index (χ1v) is 9.43. The molecular weight excluding hydrogens is 401 g/mol. The van der Waals surface area contributed by atoms with Gasteiger partial charge in [0.25, 0.3) is 11.5 Å². The van der Waals surface area contributed by atoms with Crippen LogP contribution in [0.25, 0.3) is 0 Å². The van der Waals surface area contributed by atoms with Crippen molar-refractivity contribution in [2.24, 2.45) is 0 Å². The summed E-state index contributed by atoms with van der Waals surface area (Å²) in [5.74, 6) is -1.40. The van der Waals surface area contributed by atoms with Gasteiger partial charge in [-0.15, -0.1) is 0 Å². The Morgan fingerprint density at radius 2 is 1.93 bits per heavy atom. The largest absolute Gasteiger partial charge is 0.454 e. The molecular formula is C21H21F3N2O4. The van der Waals surface area contributed by atoms with Crippen LogP contribution >= 0.6 is 0 Å².